The minimum atomic E-state index is -3.48. The first-order chi connectivity index (χ1) is 18.6. The number of nitrogens with one attached hydrogen (secondary N) is 2. The molecule has 0 aromatic carbocycles. The molecule has 38 heavy (non-hydrogen) atoms. The Labute approximate surface area is 227 Å². The van der Waals surface area contributed by atoms with E-state index in [1.807, 2.05) is 6.19 Å². The van der Waals surface area contributed by atoms with Crippen molar-refractivity contribution in [2.24, 2.45) is 4.99 Å². The fraction of sp³-hybridized carbons (Fsp3) is 0.731. The van der Waals surface area contributed by atoms with Crippen molar-refractivity contribution in [2.45, 2.75) is 70.3 Å². The van der Waals surface area contributed by atoms with E-state index in [1.165, 1.54) is 4.47 Å². The van der Waals surface area contributed by atoms with Crippen LogP contribution in [0, 0.1) is 11.5 Å². The van der Waals surface area contributed by atoms with Gasteiger partial charge in [0.15, 0.2) is 6.19 Å². The molecule has 0 amide bonds. The highest BCUT2D eigenvalue weighted by molar-refractivity contribution is 7.88. The third-order valence-electron chi connectivity index (χ3n) is 6.82. The van der Waals surface area contributed by atoms with E-state index in [1.54, 1.807) is 24.5 Å². The molecule has 1 aliphatic heterocycles. The number of unbranched alkanes of at least 4 members (excludes halogenated alkanes) is 4. The lowest BCUT2D eigenvalue weighted by atomic mass is 9.96. The van der Waals surface area contributed by atoms with Gasteiger partial charge in [-0.25, -0.2) is 8.42 Å². The van der Waals surface area contributed by atoms with Crippen LogP contribution in [0.1, 0.15) is 64.2 Å². The maximum Gasteiger partial charge on any atom is 0.236 e. The SMILES string of the molecule is N#CNC(=NCCCCCCCS(=O)(=O)N(OCCN1CCOCC1)C1CCCCC1)Nc1ccncc1. The fourth-order valence-corrected chi connectivity index (χ4v) is 6.38. The Hall–Kier alpha value is -2.30. The summed E-state index contributed by atoms with van der Waals surface area (Å²) in [6.45, 7) is 4.84. The van der Waals surface area contributed by atoms with E-state index in [-0.39, 0.29) is 11.8 Å². The number of nitrogens with zero attached hydrogens (tertiary/aromatic N) is 5. The zero-order valence-electron chi connectivity index (χ0n) is 22.4. The largest absolute Gasteiger partial charge is 0.379 e. The molecule has 2 fully saturated rings. The molecule has 0 radical (unpaired) electrons. The van der Waals surface area contributed by atoms with Gasteiger partial charge in [0.2, 0.25) is 16.0 Å². The van der Waals surface area contributed by atoms with Crippen LogP contribution in [-0.4, -0.2) is 86.5 Å². The van der Waals surface area contributed by atoms with Gasteiger partial charge >= 0.3 is 0 Å². The van der Waals surface area contributed by atoms with Crippen molar-refractivity contribution in [1.29, 1.82) is 5.26 Å². The minimum Gasteiger partial charge on any atom is -0.379 e. The lowest BCUT2D eigenvalue weighted by Gasteiger charge is -2.33. The Morgan fingerprint density at radius 1 is 1.13 bits per heavy atom. The molecule has 1 aliphatic carbocycles. The monoisotopic (exact) mass is 549 g/mol. The van der Waals surface area contributed by atoms with Gasteiger partial charge in [0.05, 0.1) is 31.6 Å². The van der Waals surface area contributed by atoms with Crippen LogP contribution in [-0.2, 0) is 19.6 Å². The summed E-state index contributed by atoms with van der Waals surface area (Å²) in [7, 11) is -3.48. The Kier molecular flexibility index (Phi) is 13.8. The predicted molar refractivity (Wildman–Crippen MR) is 148 cm³/mol. The normalized spacial score (nSPS) is 17.8. The Morgan fingerprint density at radius 2 is 1.84 bits per heavy atom. The van der Waals surface area contributed by atoms with E-state index in [0.29, 0.717) is 32.1 Å². The number of guanidine groups is 1. The fourth-order valence-electron chi connectivity index (χ4n) is 4.73. The van der Waals surface area contributed by atoms with Crippen LogP contribution in [0.25, 0.3) is 0 Å². The highest BCUT2D eigenvalue weighted by Crippen LogP contribution is 2.26. The Balaban J connectivity index is 1.36. The number of aliphatic imine (C=N–C) groups is 1. The van der Waals surface area contributed by atoms with Crippen molar-refractivity contribution in [3.05, 3.63) is 24.5 Å². The first-order valence-electron chi connectivity index (χ1n) is 13.9. The van der Waals surface area contributed by atoms with Crippen LogP contribution in [0.2, 0.25) is 0 Å². The van der Waals surface area contributed by atoms with Crippen molar-refractivity contribution in [3.8, 4) is 6.19 Å². The molecule has 2 heterocycles. The number of anilines is 1. The first kappa shape index (κ1) is 30.2. The molecule has 1 saturated carbocycles. The summed E-state index contributed by atoms with van der Waals surface area (Å²) in [5.74, 6) is 0.520. The number of nitriles is 1. The van der Waals surface area contributed by atoms with Crippen molar-refractivity contribution < 1.29 is 18.0 Å². The number of hydrogen-bond donors (Lipinski definition) is 2. The quantitative estimate of drug-likeness (QED) is 0.0846. The summed E-state index contributed by atoms with van der Waals surface area (Å²) in [5, 5.41) is 14.6. The molecule has 1 aromatic rings. The maximum atomic E-state index is 13.2. The first-order valence-corrected chi connectivity index (χ1v) is 15.5. The molecule has 12 heteroatoms. The number of hydroxylamine groups is 1. The second-order valence-corrected chi connectivity index (χ2v) is 11.7. The highest BCUT2D eigenvalue weighted by Gasteiger charge is 2.32. The number of pyridine rings is 1. The van der Waals surface area contributed by atoms with Gasteiger partial charge in [0.25, 0.3) is 0 Å². The van der Waals surface area contributed by atoms with Crippen LogP contribution < -0.4 is 10.6 Å². The molecular weight excluding hydrogens is 506 g/mol. The minimum absolute atomic E-state index is 0.0479. The van der Waals surface area contributed by atoms with Crippen LogP contribution in [0.15, 0.2) is 29.5 Å². The third kappa shape index (κ3) is 11.2. The smallest absolute Gasteiger partial charge is 0.236 e. The molecule has 212 valence electrons. The number of morpholine rings is 1. The van der Waals surface area contributed by atoms with Crippen LogP contribution in [0.3, 0.4) is 0 Å². The summed E-state index contributed by atoms with van der Waals surface area (Å²) < 4.78 is 33.2. The summed E-state index contributed by atoms with van der Waals surface area (Å²) in [6, 6.07) is 3.55. The zero-order chi connectivity index (χ0) is 26.9. The number of aromatic nitrogens is 1. The average molecular weight is 550 g/mol. The van der Waals surface area contributed by atoms with Crippen molar-refractivity contribution in [1.82, 2.24) is 19.7 Å². The molecule has 2 aliphatic rings. The van der Waals surface area contributed by atoms with Crippen molar-refractivity contribution in [2.75, 3.05) is 57.1 Å². The Bertz CT molecular complexity index is 960. The van der Waals surface area contributed by atoms with Gasteiger partial charge in [-0.2, -0.15) is 5.26 Å². The van der Waals surface area contributed by atoms with Gasteiger partial charge in [0.1, 0.15) is 0 Å². The molecular formula is C26H43N7O4S. The van der Waals surface area contributed by atoms with Crippen LogP contribution in [0.5, 0.6) is 0 Å². The van der Waals surface area contributed by atoms with Crippen LogP contribution in [0.4, 0.5) is 5.69 Å². The molecule has 0 spiro atoms. The van der Waals surface area contributed by atoms with E-state index in [9.17, 15) is 8.42 Å². The van der Waals surface area contributed by atoms with Crippen molar-refractivity contribution in [3.63, 3.8) is 0 Å². The topological polar surface area (TPSA) is 132 Å². The second-order valence-electron chi connectivity index (χ2n) is 9.75. The molecule has 0 bridgehead atoms. The maximum absolute atomic E-state index is 13.2. The van der Waals surface area contributed by atoms with Crippen LogP contribution >= 0.6 is 0 Å². The van der Waals surface area contributed by atoms with E-state index in [0.717, 1.165) is 89.8 Å². The molecule has 0 unspecified atom stereocenters. The molecule has 1 aromatic heterocycles. The lowest BCUT2D eigenvalue weighted by Crippen LogP contribution is -2.45. The van der Waals surface area contributed by atoms with Gasteiger partial charge in [-0.05, 0) is 37.8 Å². The summed E-state index contributed by atoms with van der Waals surface area (Å²) >= 11 is 0. The molecule has 0 atom stereocenters. The van der Waals surface area contributed by atoms with E-state index in [4.69, 9.17) is 14.8 Å². The van der Waals surface area contributed by atoms with Gasteiger partial charge < -0.3 is 10.1 Å². The highest BCUT2D eigenvalue weighted by atomic mass is 32.2. The van der Waals surface area contributed by atoms with Gasteiger partial charge in [0, 0.05) is 44.3 Å². The number of ether oxygens (including phenoxy) is 1. The number of rotatable bonds is 15. The molecule has 3 rings (SSSR count). The van der Waals surface area contributed by atoms with Crippen molar-refractivity contribution >= 4 is 21.7 Å². The molecule has 2 N–H and O–H groups in total. The molecule has 11 nitrogen and oxygen atoms in total. The number of sulfonamides is 1. The standard InChI is InChI=1S/C26H43N7O4S/c27-23-30-26(31-24-11-14-28-15-12-24)29-13-7-2-1-3-8-22-38(34,35)33(25-9-5-4-6-10-25)37-21-18-32-16-19-36-20-17-32/h11-12,14-15,25H,1-10,13,16-22H2,(H2,28,29,30,31). The zero-order valence-corrected chi connectivity index (χ0v) is 23.2. The predicted octanol–water partition coefficient (Wildman–Crippen LogP) is 3.10. The average Bonchev–Trinajstić information content (AvgIpc) is 2.94. The summed E-state index contributed by atoms with van der Waals surface area (Å²) in [5.41, 5.74) is 0.801. The lowest BCUT2D eigenvalue weighted by molar-refractivity contribution is -0.126. The van der Waals surface area contributed by atoms with Gasteiger partial charge in [-0.15, -0.1) is 0 Å². The summed E-state index contributed by atoms with van der Waals surface area (Å²) in [6.07, 6.45) is 14.4. The Morgan fingerprint density at radius 3 is 2.58 bits per heavy atom. The molecule has 1 saturated heterocycles. The number of hydrogen-bond acceptors (Lipinski definition) is 8. The van der Waals surface area contributed by atoms with Gasteiger partial charge in [-0.1, -0.05) is 43.0 Å². The second kappa shape index (κ2) is 17.3. The summed E-state index contributed by atoms with van der Waals surface area (Å²) in [4.78, 5) is 16.6. The van der Waals surface area contributed by atoms with Gasteiger partial charge in [-0.3, -0.25) is 25.0 Å². The van der Waals surface area contributed by atoms with E-state index >= 15 is 0 Å². The third-order valence-corrected chi connectivity index (χ3v) is 8.58. The van der Waals surface area contributed by atoms with E-state index in [2.05, 4.69) is 25.5 Å². The van der Waals surface area contributed by atoms with E-state index < -0.39 is 10.0 Å².